The SMILES string of the molecule is C1=C\CCCC\C=C/1.[C]=O.[Co+2].[F-].[F-]. The smallest absolute Gasteiger partial charge is 1.00 e. The van der Waals surface area contributed by atoms with Gasteiger partial charge in [0.25, 0.3) is 6.79 Å². The Labute approximate surface area is 88.2 Å². The molecule has 0 aromatic carbocycles. The molecule has 0 fully saturated rings. The van der Waals surface area contributed by atoms with Crippen LogP contribution in [-0.2, 0) is 21.6 Å². The maximum absolute atomic E-state index is 7.50. The summed E-state index contributed by atoms with van der Waals surface area (Å²) in [6.07, 6.45) is 14.0. The van der Waals surface area contributed by atoms with Crippen LogP contribution in [0.2, 0.25) is 0 Å². The van der Waals surface area contributed by atoms with Gasteiger partial charge in [-0.25, -0.2) is 0 Å². The fraction of sp³-hybridized carbons (Fsp3) is 0.444. The standard InChI is InChI=1S/C8H12.CO.Co.2FH/c1-2-4-6-8-7-5-3-1;1-2;;;/h1-4H,5-8H2;;;2*1H/q;;+2;;/p-2/b3-1-,4-2-;;;;. The zero-order chi connectivity index (χ0) is 7.66. The zero-order valence-corrected chi connectivity index (χ0v) is 8.18. The van der Waals surface area contributed by atoms with Gasteiger partial charge in [-0.05, 0) is 25.7 Å². The Balaban J connectivity index is -0.0000000761. The molecule has 0 spiro atoms. The van der Waals surface area contributed by atoms with Gasteiger partial charge in [0.15, 0.2) is 0 Å². The average molecular weight is 233 g/mol. The first kappa shape index (κ1) is 22.9. The molecule has 1 nitrogen and oxygen atoms in total. The van der Waals surface area contributed by atoms with Crippen LogP contribution in [0.25, 0.3) is 0 Å². The van der Waals surface area contributed by atoms with Gasteiger partial charge in [0.1, 0.15) is 0 Å². The first-order valence-corrected chi connectivity index (χ1v) is 3.52. The monoisotopic (exact) mass is 233 g/mol. The minimum absolute atomic E-state index is 0. The Morgan fingerprint density at radius 1 is 0.846 bits per heavy atom. The van der Waals surface area contributed by atoms with Crippen LogP contribution in [0.5, 0.6) is 0 Å². The fourth-order valence-corrected chi connectivity index (χ4v) is 0.874. The summed E-state index contributed by atoms with van der Waals surface area (Å²) in [5.74, 6) is 0. The molecule has 77 valence electrons. The Bertz CT molecular complexity index is 113. The molecule has 0 saturated carbocycles. The molecule has 0 heterocycles. The Kier molecular flexibility index (Phi) is 39.7. The molecular formula is C9H12CoF2O. The van der Waals surface area contributed by atoms with E-state index < -0.39 is 0 Å². The van der Waals surface area contributed by atoms with Gasteiger partial charge >= 0.3 is 16.8 Å². The summed E-state index contributed by atoms with van der Waals surface area (Å²) in [6, 6.07) is 0. The average Bonchev–Trinajstić information content (AvgIpc) is 1.90. The van der Waals surface area contributed by atoms with E-state index >= 15 is 0 Å². The first-order chi connectivity index (χ1) is 5.00. The van der Waals surface area contributed by atoms with E-state index in [4.69, 9.17) is 4.79 Å². The van der Waals surface area contributed by atoms with Crippen molar-refractivity contribution in [2.75, 3.05) is 0 Å². The van der Waals surface area contributed by atoms with Crippen LogP contribution < -0.4 is 9.41 Å². The molecule has 0 aromatic rings. The van der Waals surface area contributed by atoms with E-state index in [9.17, 15) is 0 Å². The van der Waals surface area contributed by atoms with Crippen molar-refractivity contribution in [3.05, 3.63) is 24.3 Å². The number of hydrogen-bond acceptors (Lipinski definition) is 1. The summed E-state index contributed by atoms with van der Waals surface area (Å²) in [4.78, 5) is 7.50. The van der Waals surface area contributed by atoms with Crippen LogP contribution in [0, 0.1) is 0 Å². The van der Waals surface area contributed by atoms with Gasteiger partial charge in [-0.2, -0.15) is 0 Å². The molecule has 4 heteroatoms. The molecule has 0 saturated heterocycles. The summed E-state index contributed by atoms with van der Waals surface area (Å²) in [7, 11) is 0. The summed E-state index contributed by atoms with van der Waals surface area (Å²) in [6.45, 7) is 4.50. The summed E-state index contributed by atoms with van der Waals surface area (Å²) in [5.41, 5.74) is 0. The molecule has 0 atom stereocenters. The van der Waals surface area contributed by atoms with Crippen LogP contribution in [0.3, 0.4) is 0 Å². The van der Waals surface area contributed by atoms with Crippen molar-refractivity contribution in [1.29, 1.82) is 0 Å². The van der Waals surface area contributed by atoms with Gasteiger partial charge in [0.05, 0.1) is 0 Å². The predicted octanol–water partition coefficient (Wildman–Crippen LogP) is -3.72. The molecule has 0 unspecified atom stereocenters. The van der Waals surface area contributed by atoms with Gasteiger partial charge in [-0.3, -0.25) is 4.79 Å². The van der Waals surface area contributed by atoms with Gasteiger partial charge < -0.3 is 9.41 Å². The van der Waals surface area contributed by atoms with Crippen molar-refractivity contribution in [2.45, 2.75) is 25.7 Å². The van der Waals surface area contributed by atoms with E-state index in [-0.39, 0.29) is 26.2 Å². The molecule has 0 aromatic heterocycles. The van der Waals surface area contributed by atoms with Crippen LogP contribution >= 0.6 is 0 Å². The Morgan fingerprint density at radius 2 is 1.15 bits per heavy atom. The third-order valence-corrected chi connectivity index (χ3v) is 1.37. The fourth-order valence-electron chi connectivity index (χ4n) is 0.874. The molecular weight excluding hydrogens is 221 g/mol. The van der Waals surface area contributed by atoms with Gasteiger partial charge in [-0.15, -0.1) is 0 Å². The van der Waals surface area contributed by atoms with Crippen molar-refractivity contribution in [3.8, 4) is 0 Å². The van der Waals surface area contributed by atoms with E-state index in [1.165, 1.54) is 25.7 Å². The third kappa shape index (κ3) is 18.5. The van der Waals surface area contributed by atoms with Crippen molar-refractivity contribution in [1.82, 2.24) is 0 Å². The normalized spacial score (nSPS) is 17.5. The van der Waals surface area contributed by atoms with E-state index in [0.717, 1.165) is 0 Å². The predicted molar refractivity (Wildman–Crippen MR) is 42.4 cm³/mol. The molecule has 3 radical (unpaired) electrons. The van der Waals surface area contributed by atoms with E-state index in [2.05, 4.69) is 31.1 Å². The zero-order valence-electron chi connectivity index (χ0n) is 7.14. The summed E-state index contributed by atoms with van der Waals surface area (Å²) in [5, 5.41) is 0. The molecule has 1 aliphatic carbocycles. The second-order valence-corrected chi connectivity index (χ2v) is 2.14. The number of carbonyl (C=O) groups excluding carboxylic acids is 1. The topological polar surface area (TPSA) is 17.1 Å². The number of rotatable bonds is 0. The summed E-state index contributed by atoms with van der Waals surface area (Å²) < 4.78 is 0. The largest absolute Gasteiger partial charge is 2.00 e. The van der Waals surface area contributed by atoms with Gasteiger partial charge in [0.2, 0.25) is 0 Å². The van der Waals surface area contributed by atoms with Crippen molar-refractivity contribution in [3.63, 3.8) is 0 Å². The molecule has 0 bridgehead atoms. The van der Waals surface area contributed by atoms with Gasteiger partial charge in [0, 0.05) is 0 Å². The number of allylic oxidation sites excluding steroid dienone is 4. The van der Waals surface area contributed by atoms with Crippen molar-refractivity contribution < 1.29 is 31.0 Å². The van der Waals surface area contributed by atoms with Crippen molar-refractivity contribution >= 4 is 6.79 Å². The molecule has 0 N–H and O–H groups in total. The van der Waals surface area contributed by atoms with E-state index in [0.29, 0.717) is 0 Å². The van der Waals surface area contributed by atoms with Crippen LogP contribution in [0.1, 0.15) is 25.7 Å². The minimum atomic E-state index is 0. The Hall–Kier alpha value is -0.484. The maximum atomic E-state index is 7.50. The molecule has 1 rings (SSSR count). The maximum Gasteiger partial charge on any atom is 2.00 e. The summed E-state index contributed by atoms with van der Waals surface area (Å²) >= 11 is 0. The van der Waals surface area contributed by atoms with Crippen LogP contribution in [0.4, 0.5) is 0 Å². The molecule has 13 heavy (non-hydrogen) atoms. The van der Waals surface area contributed by atoms with Crippen LogP contribution in [-0.4, -0.2) is 6.79 Å². The van der Waals surface area contributed by atoms with E-state index in [1.807, 2.05) is 0 Å². The molecule has 0 amide bonds. The Morgan fingerprint density at radius 3 is 1.46 bits per heavy atom. The number of halogens is 2. The second-order valence-electron chi connectivity index (χ2n) is 2.14. The van der Waals surface area contributed by atoms with Gasteiger partial charge in [-0.1, -0.05) is 24.3 Å². The first-order valence-electron chi connectivity index (χ1n) is 3.52. The quantitative estimate of drug-likeness (QED) is 0.420. The minimum Gasteiger partial charge on any atom is -1.00 e. The van der Waals surface area contributed by atoms with Crippen molar-refractivity contribution in [2.24, 2.45) is 0 Å². The second kappa shape index (κ2) is 22.5. The van der Waals surface area contributed by atoms with Crippen LogP contribution in [0.15, 0.2) is 24.3 Å². The third-order valence-electron chi connectivity index (χ3n) is 1.37. The molecule has 1 aliphatic rings. The molecule has 0 aliphatic heterocycles. The number of hydrogen-bond donors (Lipinski definition) is 0. The van der Waals surface area contributed by atoms with E-state index in [1.54, 1.807) is 0 Å².